The average Bonchev–Trinajstić information content (AvgIpc) is 4.07. The third-order valence-corrected chi connectivity index (χ3v) is 13.1. The van der Waals surface area contributed by atoms with E-state index in [1.807, 2.05) is 62.4 Å². The van der Waals surface area contributed by atoms with Gasteiger partial charge in [0.25, 0.3) is 11.8 Å². The second-order valence-electron chi connectivity index (χ2n) is 18.8. The van der Waals surface area contributed by atoms with Crippen molar-refractivity contribution in [1.29, 1.82) is 0 Å². The van der Waals surface area contributed by atoms with E-state index in [0.717, 1.165) is 22.5 Å². The summed E-state index contributed by atoms with van der Waals surface area (Å²) in [7, 11) is 3.37. The summed E-state index contributed by atoms with van der Waals surface area (Å²) in [6.45, 7) is 4.26. The molecule has 6 aromatic heterocycles. The molecule has 8 heterocycles. The SMILES string of the molecule is C.C.Cc1cc(Nc2ncnc3cccc(OC4CCN(C)CC4(F)F)c23)ccc1Oc1ccn2ncnc2c1.Cc1cc(Nc2ncnc3cccc(OC4CCN(C)CC4(F)F)c23)ccc1Oc1ccn2ncnc2c1. The van der Waals surface area contributed by atoms with Crippen LogP contribution in [0.4, 0.5) is 40.6 Å². The number of anilines is 4. The smallest absolute Gasteiger partial charge is 0.296 e. The Morgan fingerprint density at radius 3 is 1.36 bits per heavy atom. The fourth-order valence-corrected chi connectivity index (χ4v) is 9.25. The largest absolute Gasteiger partial charge is 0.483 e. The van der Waals surface area contributed by atoms with Crippen molar-refractivity contribution in [2.45, 2.75) is 65.6 Å². The number of pyridine rings is 2. The van der Waals surface area contributed by atoms with Crippen LogP contribution < -0.4 is 29.6 Å². The highest BCUT2D eigenvalue weighted by Gasteiger charge is 2.47. The predicted octanol–water partition coefficient (Wildman–Crippen LogP) is 11.7. The number of rotatable bonds is 12. The van der Waals surface area contributed by atoms with Gasteiger partial charge in [0, 0.05) is 61.8 Å². The monoisotopic (exact) mass is 1070 g/mol. The van der Waals surface area contributed by atoms with Gasteiger partial charge in [-0.1, -0.05) is 27.0 Å². The molecule has 4 aromatic carbocycles. The first kappa shape index (κ1) is 54.0. The lowest BCUT2D eigenvalue weighted by atomic mass is 10.0. The maximum absolute atomic E-state index is 14.7. The highest BCUT2D eigenvalue weighted by Crippen LogP contribution is 2.40. The van der Waals surface area contributed by atoms with Crippen molar-refractivity contribution in [2.75, 3.05) is 50.9 Å². The van der Waals surface area contributed by atoms with Crippen LogP contribution in [0.2, 0.25) is 0 Å². The molecule has 2 aliphatic rings. The molecule has 10 aromatic rings. The van der Waals surface area contributed by atoms with Crippen LogP contribution in [0.1, 0.15) is 38.8 Å². The van der Waals surface area contributed by atoms with Crippen molar-refractivity contribution in [3.8, 4) is 34.5 Å². The molecule has 2 saturated heterocycles. The summed E-state index contributed by atoms with van der Waals surface area (Å²) in [5.41, 5.74) is 5.84. The molecule has 0 radical (unpaired) electrons. The Kier molecular flexibility index (Phi) is 15.6. The average molecular weight is 1070 g/mol. The number of likely N-dealkylation sites (tertiary alicyclic amines) is 2. The summed E-state index contributed by atoms with van der Waals surface area (Å²) in [4.78, 5) is 29.0. The van der Waals surface area contributed by atoms with Crippen molar-refractivity contribution in [3.05, 3.63) is 146 Å². The Balaban J connectivity index is 0.000000185. The standard InChI is InChI=1S/2C27H25F2N7O2.2CH4/c2*1-17-12-18(6-7-21(17)37-19-8-11-36-24(13-19)31-16-33-36)34-26-25-20(30-15-32-26)4-3-5-22(25)38-23-9-10-35(2)14-27(23,28)29;;/h2*3-8,11-13,15-16,23H,9-10,14H2,1-2H3,(H,30,32,34);2*1H4. The summed E-state index contributed by atoms with van der Waals surface area (Å²) in [6, 6.07) is 29.0. The zero-order valence-electron chi connectivity index (χ0n) is 41.6. The van der Waals surface area contributed by atoms with Crippen molar-refractivity contribution < 1.29 is 36.5 Å². The highest BCUT2D eigenvalue weighted by atomic mass is 19.3. The predicted molar refractivity (Wildman–Crippen MR) is 291 cm³/mol. The van der Waals surface area contributed by atoms with Gasteiger partial charge in [0.05, 0.1) is 34.9 Å². The van der Waals surface area contributed by atoms with E-state index in [4.69, 9.17) is 18.9 Å². The van der Waals surface area contributed by atoms with Gasteiger partial charge >= 0.3 is 0 Å². The minimum absolute atomic E-state index is 0. The molecule has 2 fully saturated rings. The molecule has 2 unspecified atom stereocenters. The molecule has 0 amide bonds. The van der Waals surface area contributed by atoms with Gasteiger partial charge in [-0.2, -0.15) is 10.2 Å². The van der Waals surface area contributed by atoms with Gasteiger partial charge in [-0.3, -0.25) is 0 Å². The third kappa shape index (κ3) is 11.6. The van der Waals surface area contributed by atoms with Crippen LogP contribution in [0.15, 0.2) is 135 Å². The van der Waals surface area contributed by atoms with Crippen LogP contribution in [-0.2, 0) is 0 Å². The molecule has 2 N–H and O–H groups in total. The second kappa shape index (κ2) is 22.4. The number of piperidine rings is 2. The van der Waals surface area contributed by atoms with E-state index in [2.05, 4.69) is 50.7 Å². The molecule has 0 aliphatic carbocycles. The molecule has 2 aliphatic heterocycles. The molecule has 22 heteroatoms. The van der Waals surface area contributed by atoms with Crippen LogP contribution in [-0.4, -0.2) is 123 Å². The number of hydrogen-bond donors (Lipinski definition) is 2. The van der Waals surface area contributed by atoms with Gasteiger partial charge in [-0.05, 0) is 112 Å². The number of aryl methyl sites for hydroxylation is 2. The molecule has 2 atom stereocenters. The number of nitrogens with zero attached hydrogens (tertiary/aromatic N) is 12. The Morgan fingerprint density at radius 1 is 0.513 bits per heavy atom. The van der Waals surface area contributed by atoms with E-state index in [0.29, 0.717) is 92.3 Å². The first-order chi connectivity index (χ1) is 36.7. The second-order valence-corrected chi connectivity index (χ2v) is 18.8. The van der Waals surface area contributed by atoms with E-state index in [1.165, 1.54) is 25.3 Å². The molecule has 18 nitrogen and oxygen atoms in total. The van der Waals surface area contributed by atoms with E-state index >= 15 is 0 Å². The normalized spacial score (nSPS) is 17.1. The lowest BCUT2D eigenvalue weighted by molar-refractivity contribution is -0.134. The van der Waals surface area contributed by atoms with E-state index < -0.39 is 24.1 Å². The van der Waals surface area contributed by atoms with E-state index in [9.17, 15) is 17.6 Å². The van der Waals surface area contributed by atoms with Crippen molar-refractivity contribution >= 4 is 56.1 Å². The number of halogens is 4. The van der Waals surface area contributed by atoms with E-state index in [1.54, 1.807) is 93.9 Å². The minimum Gasteiger partial charge on any atom is -0.483 e. The Hall–Kier alpha value is -8.76. The van der Waals surface area contributed by atoms with Gasteiger partial charge < -0.3 is 39.4 Å². The van der Waals surface area contributed by atoms with E-state index in [-0.39, 0.29) is 40.8 Å². The van der Waals surface area contributed by atoms with Gasteiger partial charge in [-0.15, -0.1) is 0 Å². The Labute approximate surface area is 447 Å². The fraction of sp³-hybridized carbons (Fsp3) is 0.286. The van der Waals surface area contributed by atoms with Crippen LogP contribution in [0.25, 0.3) is 33.1 Å². The zero-order valence-corrected chi connectivity index (χ0v) is 41.6. The number of nitrogens with one attached hydrogen (secondary N) is 2. The number of fused-ring (bicyclic) bond motifs is 4. The minimum atomic E-state index is -2.97. The molecular formula is C56H58F4N14O4. The summed E-state index contributed by atoms with van der Waals surface area (Å²) in [5.74, 6) is -1.72. The topological polar surface area (TPSA) is 179 Å². The molecule has 0 spiro atoms. The van der Waals surface area contributed by atoms with Crippen LogP contribution in [0, 0.1) is 13.8 Å². The first-order valence-electron chi connectivity index (χ1n) is 24.3. The number of hydrogen-bond acceptors (Lipinski definition) is 16. The van der Waals surface area contributed by atoms with Crippen molar-refractivity contribution in [3.63, 3.8) is 0 Å². The third-order valence-electron chi connectivity index (χ3n) is 13.1. The number of aromatic nitrogens is 10. The Morgan fingerprint density at radius 2 is 0.949 bits per heavy atom. The molecular weight excluding hydrogens is 1010 g/mol. The lowest BCUT2D eigenvalue weighted by Gasteiger charge is -2.36. The van der Waals surface area contributed by atoms with Gasteiger partial charge in [0.1, 0.15) is 71.4 Å². The number of alkyl halides is 4. The maximum Gasteiger partial charge on any atom is 0.296 e. The Bertz CT molecular complexity index is 3480. The summed E-state index contributed by atoms with van der Waals surface area (Å²) in [5, 5.41) is 15.9. The quantitative estimate of drug-likeness (QED) is 0.110. The molecule has 404 valence electrons. The molecule has 78 heavy (non-hydrogen) atoms. The zero-order chi connectivity index (χ0) is 52.6. The number of ether oxygens (including phenoxy) is 4. The summed E-state index contributed by atoms with van der Waals surface area (Å²) in [6.07, 6.45) is 7.39. The summed E-state index contributed by atoms with van der Waals surface area (Å²) >= 11 is 0. The van der Waals surface area contributed by atoms with Crippen molar-refractivity contribution in [1.82, 2.24) is 58.9 Å². The molecule has 12 rings (SSSR count). The highest BCUT2D eigenvalue weighted by molar-refractivity contribution is 5.97. The van der Waals surface area contributed by atoms with Gasteiger partial charge in [-0.25, -0.2) is 56.5 Å². The molecule has 0 bridgehead atoms. The first-order valence-corrected chi connectivity index (χ1v) is 24.3. The fourth-order valence-electron chi connectivity index (χ4n) is 9.25. The lowest BCUT2D eigenvalue weighted by Crippen LogP contribution is -2.52. The summed E-state index contributed by atoms with van der Waals surface area (Å²) < 4.78 is 86.1. The van der Waals surface area contributed by atoms with Gasteiger partial charge in [0.2, 0.25) is 0 Å². The van der Waals surface area contributed by atoms with Crippen LogP contribution in [0.3, 0.4) is 0 Å². The molecule has 0 saturated carbocycles. The number of benzene rings is 4. The van der Waals surface area contributed by atoms with Crippen molar-refractivity contribution in [2.24, 2.45) is 0 Å². The maximum atomic E-state index is 14.7. The van der Waals surface area contributed by atoms with Gasteiger partial charge in [0.15, 0.2) is 23.5 Å². The van der Waals surface area contributed by atoms with Crippen LogP contribution >= 0.6 is 0 Å². The van der Waals surface area contributed by atoms with Crippen LogP contribution in [0.5, 0.6) is 34.5 Å².